The Labute approximate surface area is 108 Å². The number of aryl methyl sites for hydroxylation is 1. The van der Waals surface area contributed by atoms with Crippen molar-refractivity contribution < 1.29 is 10.2 Å². The van der Waals surface area contributed by atoms with Gasteiger partial charge in [-0.1, -0.05) is 18.2 Å². The predicted octanol–water partition coefficient (Wildman–Crippen LogP) is 2.94. The van der Waals surface area contributed by atoms with Gasteiger partial charge in [-0.25, -0.2) is 0 Å². The van der Waals surface area contributed by atoms with E-state index in [2.05, 4.69) is 33.8 Å². The molecule has 0 amide bonds. The molecule has 0 aliphatic heterocycles. The largest absolute Gasteiger partial charge is 0.362 e. The predicted molar refractivity (Wildman–Crippen MR) is 74.3 cm³/mol. The second-order valence-electron chi connectivity index (χ2n) is 5.19. The van der Waals surface area contributed by atoms with Crippen LogP contribution in [0.4, 0.5) is 0 Å². The molecule has 2 N–H and O–H groups in total. The summed E-state index contributed by atoms with van der Waals surface area (Å²) in [5, 5.41) is 19.0. The molecule has 1 aromatic rings. The van der Waals surface area contributed by atoms with E-state index in [-0.39, 0.29) is 6.42 Å². The first-order chi connectivity index (χ1) is 8.32. The highest BCUT2D eigenvalue weighted by atomic mass is 16.5. The number of hydrogen-bond acceptors (Lipinski definition) is 2. The van der Waals surface area contributed by atoms with Crippen LogP contribution < -0.4 is 0 Å². The molecule has 96 valence electrons. The lowest BCUT2D eigenvalue weighted by Gasteiger charge is -2.22. The average molecular weight is 244 g/mol. The number of aliphatic hydroxyl groups is 2. The Hall–Kier alpha value is -1.38. The van der Waals surface area contributed by atoms with Gasteiger partial charge < -0.3 is 10.2 Å². The molecule has 0 saturated carbocycles. The summed E-state index contributed by atoms with van der Waals surface area (Å²) < 4.78 is 0. The van der Waals surface area contributed by atoms with E-state index >= 15 is 0 Å². The average Bonchev–Trinajstić information content (AvgIpc) is 2.32. The molecular weight excluding hydrogens is 224 g/mol. The molecule has 1 aromatic carbocycles. The molecular formula is C16H20O2. The Kier molecular flexibility index (Phi) is 3.18. The quantitative estimate of drug-likeness (QED) is 0.746. The summed E-state index contributed by atoms with van der Waals surface area (Å²) in [5.41, 5.74) is 7.42. The fourth-order valence-electron chi connectivity index (χ4n) is 2.33. The van der Waals surface area contributed by atoms with Gasteiger partial charge in [0, 0.05) is 6.42 Å². The van der Waals surface area contributed by atoms with E-state index in [1.165, 1.54) is 33.9 Å². The molecule has 0 fully saturated rings. The van der Waals surface area contributed by atoms with Crippen molar-refractivity contribution in [2.24, 2.45) is 0 Å². The van der Waals surface area contributed by atoms with Crippen LogP contribution >= 0.6 is 0 Å². The van der Waals surface area contributed by atoms with Crippen LogP contribution in [0.25, 0.3) is 5.57 Å². The topological polar surface area (TPSA) is 40.5 Å². The summed E-state index contributed by atoms with van der Waals surface area (Å²) in [4.78, 5) is 0. The number of allylic oxidation sites excluding steroid dienone is 2. The molecule has 0 saturated heterocycles. The van der Waals surface area contributed by atoms with E-state index in [0.717, 1.165) is 5.57 Å². The Morgan fingerprint density at radius 1 is 1.00 bits per heavy atom. The van der Waals surface area contributed by atoms with Crippen molar-refractivity contribution in [1.29, 1.82) is 0 Å². The zero-order valence-corrected chi connectivity index (χ0v) is 11.4. The first kappa shape index (κ1) is 13.1. The molecule has 0 bridgehead atoms. The van der Waals surface area contributed by atoms with Crippen LogP contribution in [0.2, 0.25) is 0 Å². The molecule has 0 aromatic heterocycles. The number of rotatable bonds is 1. The van der Waals surface area contributed by atoms with Crippen LogP contribution in [0.5, 0.6) is 0 Å². The highest BCUT2D eigenvalue weighted by Crippen LogP contribution is 2.31. The molecule has 2 heteroatoms. The lowest BCUT2D eigenvalue weighted by atomic mass is 9.88. The van der Waals surface area contributed by atoms with Crippen molar-refractivity contribution in [3.63, 3.8) is 0 Å². The van der Waals surface area contributed by atoms with Crippen LogP contribution in [0.3, 0.4) is 0 Å². The minimum absolute atomic E-state index is 0.240. The molecule has 0 spiro atoms. The fourth-order valence-corrected chi connectivity index (χ4v) is 2.33. The van der Waals surface area contributed by atoms with Crippen LogP contribution in [-0.4, -0.2) is 16.0 Å². The van der Waals surface area contributed by atoms with E-state index in [1.807, 2.05) is 6.08 Å². The third kappa shape index (κ3) is 2.26. The summed E-state index contributed by atoms with van der Waals surface area (Å²) in [6.07, 6.45) is 5.37. The van der Waals surface area contributed by atoms with Gasteiger partial charge in [-0.05, 0) is 67.2 Å². The molecule has 1 aliphatic carbocycles. The maximum Gasteiger partial charge on any atom is 0.186 e. The van der Waals surface area contributed by atoms with Gasteiger partial charge in [-0.2, -0.15) is 0 Å². The van der Waals surface area contributed by atoms with Gasteiger partial charge in [0.2, 0.25) is 0 Å². The summed E-state index contributed by atoms with van der Waals surface area (Å²) in [6.45, 7) is 8.50. The smallest absolute Gasteiger partial charge is 0.186 e. The van der Waals surface area contributed by atoms with E-state index < -0.39 is 5.79 Å². The molecule has 18 heavy (non-hydrogen) atoms. The first-order valence-electron chi connectivity index (χ1n) is 6.24. The second-order valence-corrected chi connectivity index (χ2v) is 5.19. The zero-order chi connectivity index (χ0) is 13.5. The Morgan fingerprint density at radius 2 is 1.67 bits per heavy atom. The van der Waals surface area contributed by atoms with Crippen molar-refractivity contribution in [2.45, 2.75) is 39.9 Å². The van der Waals surface area contributed by atoms with Gasteiger partial charge in [-0.15, -0.1) is 0 Å². The molecule has 0 radical (unpaired) electrons. The fraction of sp³-hybridized carbons (Fsp3) is 0.375. The molecule has 2 nitrogen and oxygen atoms in total. The third-order valence-corrected chi connectivity index (χ3v) is 3.94. The Balaban J connectivity index is 2.49. The van der Waals surface area contributed by atoms with Gasteiger partial charge in [0.25, 0.3) is 0 Å². The Bertz CT molecular complexity index is 549. The molecule has 1 aliphatic rings. The third-order valence-electron chi connectivity index (χ3n) is 3.94. The lowest BCUT2D eigenvalue weighted by Crippen LogP contribution is -2.25. The van der Waals surface area contributed by atoms with Gasteiger partial charge >= 0.3 is 0 Å². The minimum atomic E-state index is -1.69. The van der Waals surface area contributed by atoms with Crippen LogP contribution in [-0.2, 0) is 0 Å². The van der Waals surface area contributed by atoms with Crippen LogP contribution in [0.1, 0.15) is 34.2 Å². The summed E-state index contributed by atoms with van der Waals surface area (Å²) in [6, 6.07) is 2.18. The molecule has 2 rings (SSSR count). The van der Waals surface area contributed by atoms with E-state index in [4.69, 9.17) is 0 Å². The summed E-state index contributed by atoms with van der Waals surface area (Å²) in [5.74, 6) is -1.69. The molecule has 0 unspecified atom stereocenters. The lowest BCUT2D eigenvalue weighted by molar-refractivity contribution is -0.114. The van der Waals surface area contributed by atoms with Crippen molar-refractivity contribution in [3.05, 3.63) is 52.1 Å². The molecule has 0 heterocycles. The van der Waals surface area contributed by atoms with Crippen LogP contribution in [0.15, 0.2) is 24.3 Å². The zero-order valence-electron chi connectivity index (χ0n) is 11.4. The number of benzene rings is 1. The van der Waals surface area contributed by atoms with E-state index in [1.54, 1.807) is 6.08 Å². The summed E-state index contributed by atoms with van der Waals surface area (Å²) in [7, 11) is 0. The SMILES string of the molecule is Cc1cc(C2=CCC(O)(O)C=C2)c(C)c(C)c1C. The maximum atomic E-state index is 9.49. The minimum Gasteiger partial charge on any atom is -0.362 e. The highest BCUT2D eigenvalue weighted by molar-refractivity contribution is 5.78. The van der Waals surface area contributed by atoms with Gasteiger partial charge in [0.05, 0.1) is 0 Å². The van der Waals surface area contributed by atoms with Crippen molar-refractivity contribution in [1.82, 2.24) is 0 Å². The monoisotopic (exact) mass is 244 g/mol. The maximum absolute atomic E-state index is 9.49. The second kappa shape index (κ2) is 4.38. The normalized spacial score (nSPS) is 17.8. The van der Waals surface area contributed by atoms with Gasteiger partial charge in [-0.3, -0.25) is 0 Å². The van der Waals surface area contributed by atoms with Crippen molar-refractivity contribution >= 4 is 5.57 Å². The highest BCUT2D eigenvalue weighted by Gasteiger charge is 2.21. The molecule has 0 atom stereocenters. The first-order valence-corrected chi connectivity index (χ1v) is 6.24. The van der Waals surface area contributed by atoms with E-state index in [0.29, 0.717) is 0 Å². The van der Waals surface area contributed by atoms with Gasteiger partial charge in [0.15, 0.2) is 5.79 Å². The van der Waals surface area contributed by atoms with Crippen molar-refractivity contribution in [2.75, 3.05) is 0 Å². The Morgan fingerprint density at radius 3 is 2.22 bits per heavy atom. The number of hydrogen-bond donors (Lipinski definition) is 2. The van der Waals surface area contributed by atoms with Gasteiger partial charge in [0.1, 0.15) is 0 Å². The van der Waals surface area contributed by atoms with Crippen molar-refractivity contribution in [3.8, 4) is 0 Å². The van der Waals surface area contributed by atoms with E-state index in [9.17, 15) is 10.2 Å². The standard InChI is InChI=1S/C16H20O2/c1-10-9-15(13(4)12(3)11(10)2)14-5-7-16(17,18)8-6-14/h5-7,9,17-18H,8H2,1-4H3. The van der Waals surface area contributed by atoms with Crippen LogP contribution in [0, 0.1) is 27.7 Å². The summed E-state index contributed by atoms with van der Waals surface area (Å²) >= 11 is 0.